The fraction of sp³-hybridized carbons (Fsp3) is 0.0667. The summed E-state index contributed by atoms with van der Waals surface area (Å²) in [5, 5.41) is 11.8. The van der Waals surface area contributed by atoms with Crippen molar-refractivity contribution in [1.29, 1.82) is 0 Å². The van der Waals surface area contributed by atoms with E-state index in [4.69, 9.17) is 34.0 Å². The standard InChI is InChI=1S/C8H8ClNO2.C7H6ClNO2/c9-7-3-1-6(2-4-7)5-10-8(11)12;8-5-1-3-6(4-2-5)11-7(9)10/h1-4,10H,5H2,(H,11,12);1-4H,(H2,9,10). The van der Waals surface area contributed by atoms with Gasteiger partial charge < -0.3 is 20.9 Å². The van der Waals surface area contributed by atoms with Crippen molar-refractivity contribution in [3.63, 3.8) is 0 Å². The Morgan fingerprint density at radius 2 is 1.48 bits per heavy atom. The number of halogens is 2. The molecule has 0 unspecified atom stereocenters. The second-order valence-corrected chi connectivity index (χ2v) is 5.03. The number of primary amides is 1. The number of hydrogen-bond donors (Lipinski definition) is 3. The van der Waals surface area contributed by atoms with Crippen molar-refractivity contribution in [3.8, 4) is 5.75 Å². The lowest BCUT2D eigenvalue weighted by molar-refractivity contribution is 0.194. The van der Waals surface area contributed by atoms with Crippen LogP contribution in [0.3, 0.4) is 0 Å². The Hall–Kier alpha value is -2.44. The van der Waals surface area contributed by atoms with Crippen LogP contribution >= 0.6 is 23.2 Å². The number of benzene rings is 2. The molecule has 8 heteroatoms. The third-order valence-electron chi connectivity index (χ3n) is 2.39. The number of nitrogens with two attached hydrogens (primary N) is 1. The number of carbonyl (C=O) groups is 2. The topological polar surface area (TPSA) is 102 Å². The van der Waals surface area contributed by atoms with Gasteiger partial charge in [-0.1, -0.05) is 35.3 Å². The first kappa shape index (κ1) is 18.6. The van der Waals surface area contributed by atoms with Gasteiger partial charge in [-0.15, -0.1) is 0 Å². The quantitative estimate of drug-likeness (QED) is 0.775. The smallest absolute Gasteiger partial charge is 0.409 e. The van der Waals surface area contributed by atoms with Crippen LogP contribution in [-0.2, 0) is 6.54 Å². The Kier molecular flexibility index (Phi) is 7.73. The van der Waals surface area contributed by atoms with Gasteiger partial charge in [-0.05, 0) is 42.0 Å². The molecule has 23 heavy (non-hydrogen) atoms. The molecule has 2 rings (SSSR count). The summed E-state index contributed by atoms with van der Waals surface area (Å²) >= 11 is 11.2. The second-order valence-electron chi connectivity index (χ2n) is 4.16. The summed E-state index contributed by atoms with van der Waals surface area (Å²) in [5.41, 5.74) is 5.66. The number of hydrogen-bond acceptors (Lipinski definition) is 3. The molecule has 0 saturated carbocycles. The Morgan fingerprint density at radius 1 is 1.00 bits per heavy atom. The summed E-state index contributed by atoms with van der Waals surface area (Å²) in [6.07, 6.45) is -1.85. The first-order valence-corrected chi connectivity index (χ1v) is 7.06. The number of nitrogens with one attached hydrogen (secondary N) is 1. The van der Waals surface area contributed by atoms with Gasteiger partial charge in [0.05, 0.1) is 0 Å². The number of carboxylic acid groups (broad SMARTS) is 1. The zero-order valence-corrected chi connectivity index (χ0v) is 13.3. The van der Waals surface area contributed by atoms with Gasteiger partial charge in [-0.3, -0.25) is 0 Å². The summed E-state index contributed by atoms with van der Waals surface area (Å²) < 4.78 is 4.55. The van der Waals surface area contributed by atoms with Gasteiger partial charge >= 0.3 is 12.2 Å². The molecule has 0 aliphatic rings. The van der Waals surface area contributed by atoms with E-state index >= 15 is 0 Å². The highest BCUT2D eigenvalue weighted by atomic mass is 35.5. The first-order valence-electron chi connectivity index (χ1n) is 6.31. The first-order chi connectivity index (χ1) is 10.9. The molecule has 4 N–H and O–H groups in total. The maximum atomic E-state index is 10.2. The van der Waals surface area contributed by atoms with E-state index in [0.717, 1.165) is 5.56 Å². The summed E-state index contributed by atoms with van der Waals surface area (Å²) in [6.45, 7) is 0.312. The van der Waals surface area contributed by atoms with Gasteiger partial charge in [0.2, 0.25) is 0 Å². The maximum Gasteiger partial charge on any atom is 0.409 e. The largest absolute Gasteiger partial charge is 0.465 e. The Balaban J connectivity index is 0.000000231. The molecule has 0 heterocycles. The molecule has 0 atom stereocenters. The molecule has 122 valence electrons. The zero-order valence-electron chi connectivity index (χ0n) is 11.8. The van der Waals surface area contributed by atoms with Crippen LogP contribution in [0.15, 0.2) is 48.5 Å². The normalized spacial score (nSPS) is 9.30. The third-order valence-corrected chi connectivity index (χ3v) is 2.89. The maximum absolute atomic E-state index is 10.2. The molecule has 0 aliphatic heterocycles. The van der Waals surface area contributed by atoms with Crippen LogP contribution in [0.4, 0.5) is 9.59 Å². The fourth-order valence-electron chi connectivity index (χ4n) is 1.40. The predicted octanol–water partition coefficient (Wildman–Crippen LogP) is 3.91. The van der Waals surface area contributed by atoms with Gasteiger partial charge in [0.1, 0.15) is 5.75 Å². The third kappa shape index (κ3) is 8.55. The van der Waals surface area contributed by atoms with E-state index in [9.17, 15) is 9.59 Å². The van der Waals surface area contributed by atoms with E-state index in [1.807, 2.05) is 0 Å². The molecule has 0 saturated heterocycles. The molecule has 0 radical (unpaired) electrons. The van der Waals surface area contributed by atoms with Crippen LogP contribution in [0.1, 0.15) is 5.56 Å². The number of carbonyl (C=O) groups excluding carboxylic acids is 1. The molecule has 2 aromatic carbocycles. The minimum atomic E-state index is -1.02. The van der Waals surface area contributed by atoms with Gasteiger partial charge in [-0.2, -0.15) is 0 Å². The SMILES string of the molecule is NC(=O)Oc1ccc(Cl)cc1.O=C(O)NCc1ccc(Cl)cc1. The van der Waals surface area contributed by atoms with Crippen LogP contribution in [-0.4, -0.2) is 17.3 Å². The Morgan fingerprint density at radius 3 is 1.91 bits per heavy atom. The molecule has 2 aromatic rings. The number of amides is 2. The van der Waals surface area contributed by atoms with Crippen molar-refractivity contribution in [2.45, 2.75) is 6.54 Å². The Labute approximate surface area is 142 Å². The summed E-state index contributed by atoms with van der Waals surface area (Å²) in [4.78, 5) is 20.3. The van der Waals surface area contributed by atoms with Gasteiger partial charge in [0.25, 0.3) is 0 Å². The van der Waals surface area contributed by atoms with Crippen molar-refractivity contribution in [2.75, 3.05) is 0 Å². The predicted molar refractivity (Wildman–Crippen MR) is 88.0 cm³/mol. The molecule has 0 bridgehead atoms. The second kappa shape index (κ2) is 9.55. The van der Waals surface area contributed by atoms with Crippen LogP contribution < -0.4 is 15.8 Å². The van der Waals surface area contributed by atoms with Crippen LogP contribution in [0, 0.1) is 0 Å². The lowest BCUT2D eigenvalue weighted by Crippen LogP contribution is -2.19. The molecule has 6 nitrogen and oxygen atoms in total. The van der Waals surface area contributed by atoms with Crippen molar-refractivity contribution >= 4 is 35.4 Å². The highest BCUT2D eigenvalue weighted by molar-refractivity contribution is 6.30. The van der Waals surface area contributed by atoms with E-state index in [-0.39, 0.29) is 0 Å². The molecule has 0 aliphatic carbocycles. The lowest BCUT2D eigenvalue weighted by atomic mass is 10.2. The summed E-state index contributed by atoms with van der Waals surface area (Å²) in [5.74, 6) is 0.391. The molecule has 0 spiro atoms. The fourth-order valence-corrected chi connectivity index (χ4v) is 1.65. The minimum Gasteiger partial charge on any atom is -0.465 e. The zero-order chi connectivity index (χ0) is 17.2. The van der Waals surface area contributed by atoms with Gasteiger partial charge in [0, 0.05) is 16.6 Å². The molecule has 2 amide bonds. The van der Waals surface area contributed by atoms with E-state index in [1.54, 1.807) is 48.5 Å². The molecule has 0 aromatic heterocycles. The average Bonchev–Trinajstić information content (AvgIpc) is 2.49. The lowest BCUT2D eigenvalue weighted by Gasteiger charge is -2.00. The average molecular weight is 357 g/mol. The van der Waals surface area contributed by atoms with Crippen molar-refractivity contribution in [2.24, 2.45) is 5.73 Å². The van der Waals surface area contributed by atoms with E-state index in [0.29, 0.717) is 22.3 Å². The van der Waals surface area contributed by atoms with Crippen molar-refractivity contribution < 1.29 is 19.4 Å². The number of ether oxygens (including phenoxy) is 1. The Bertz CT molecular complexity index is 646. The van der Waals surface area contributed by atoms with E-state index in [2.05, 4.69) is 10.1 Å². The van der Waals surface area contributed by atoms with Gasteiger partial charge in [-0.25, -0.2) is 9.59 Å². The summed E-state index contributed by atoms with van der Waals surface area (Å²) in [6, 6.07) is 13.3. The molecular formula is C15H14Cl2N2O4. The molecule has 0 fully saturated rings. The highest BCUT2D eigenvalue weighted by Crippen LogP contribution is 2.15. The van der Waals surface area contributed by atoms with Crippen LogP contribution in [0.2, 0.25) is 10.0 Å². The molecular weight excluding hydrogens is 343 g/mol. The van der Waals surface area contributed by atoms with E-state index < -0.39 is 12.2 Å². The van der Waals surface area contributed by atoms with Crippen molar-refractivity contribution in [1.82, 2.24) is 5.32 Å². The van der Waals surface area contributed by atoms with Crippen LogP contribution in [0.5, 0.6) is 5.75 Å². The monoisotopic (exact) mass is 356 g/mol. The van der Waals surface area contributed by atoms with Crippen molar-refractivity contribution in [3.05, 3.63) is 64.1 Å². The highest BCUT2D eigenvalue weighted by Gasteiger charge is 1.96. The number of rotatable bonds is 3. The summed E-state index contributed by atoms with van der Waals surface area (Å²) in [7, 11) is 0. The van der Waals surface area contributed by atoms with E-state index in [1.165, 1.54) is 0 Å². The van der Waals surface area contributed by atoms with Crippen LogP contribution in [0.25, 0.3) is 0 Å². The minimum absolute atomic E-state index is 0.312. The van der Waals surface area contributed by atoms with Gasteiger partial charge in [0.15, 0.2) is 0 Å².